The topological polar surface area (TPSA) is 133 Å². The molecule has 3 N–H and O–H groups in total. The summed E-state index contributed by atoms with van der Waals surface area (Å²) in [6.45, 7) is 3.90. The lowest BCUT2D eigenvalue weighted by Gasteiger charge is -2.24. The van der Waals surface area contributed by atoms with Crippen molar-refractivity contribution >= 4 is 45.6 Å². The third-order valence-corrected chi connectivity index (χ3v) is 6.42. The number of benzene rings is 3. The Morgan fingerprint density at radius 1 is 1.14 bits per heavy atom. The van der Waals surface area contributed by atoms with Gasteiger partial charge in [-0.3, -0.25) is 4.79 Å². The summed E-state index contributed by atoms with van der Waals surface area (Å²) in [5.41, 5.74) is 1.11. The molecular formula is C31H31ClN6O4. The number of hydrogen-bond donors (Lipinski definition) is 3. The first-order valence-electron chi connectivity index (χ1n) is 12.9. The van der Waals surface area contributed by atoms with E-state index in [1.165, 1.54) is 19.5 Å². The van der Waals surface area contributed by atoms with E-state index in [4.69, 9.17) is 21.1 Å². The third kappa shape index (κ3) is 7.33. The van der Waals surface area contributed by atoms with Crippen molar-refractivity contribution in [3.8, 4) is 23.3 Å². The quantitative estimate of drug-likeness (QED) is 0.192. The number of anilines is 3. The number of methoxy groups -OCH3 is 1. The second-order valence-electron chi connectivity index (χ2n) is 10.2. The minimum atomic E-state index is -1.30. The number of hydrogen-bond acceptors (Lipinski definition) is 9. The van der Waals surface area contributed by atoms with Gasteiger partial charge >= 0.3 is 0 Å². The molecular weight excluding hydrogens is 556 g/mol. The maximum Gasteiger partial charge on any atom is 0.248 e. The fourth-order valence-corrected chi connectivity index (χ4v) is 4.32. The van der Waals surface area contributed by atoms with E-state index >= 15 is 0 Å². The minimum Gasteiger partial charge on any atom is -0.494 e. The van der Waals surface area contributed by atoms with Gasteiger partial charge in [-0.1, -0.05) is 23.7 Å². The molecule has 0 atom stereocenters. The molecule has 0 saturated carbocycles. The molecule has 0 saturated heterocycles. The van der Waals surface area contributed by atoms with E-state index in [0.717, 1.165) is 0 Å². The van der Waals surface area contributed by atoms with Gasteiger partial charge in [0.15, 0.2) is 0 Å². The molecule has 4 rings (SSSR count). The van der Waals surface area contributed by atoms with Crippen LogP contribution in [0.5, 0.6) is 17.2 Å². The van der Waals surface area contributed by atoms with Crippen LogP contribution in [0.2, 0.25) is 5.02 Å². The van der Waals surface area contributed by atoms with E-state index in [2.05, 4.69) is 26.7 Å². The highest BCUT2D eigenvalue weighted by molar-refractivity contribution is 6.32. The average Bonchev–Trinajstić information content (AvgIpc) is 2.93. The summed E-state index contributed by atoms with van der Waals surface area (Å²) in [7, 11) is 5.33. The molecule has 0 unspecified atom stereocenters. The summed E-state index contributed by atoms with van der Waals surface area (Å²) in [5.74, 6) is 1.27. The molecule has 0 aliphatic rings. The summed E-state index contributed by atoms with van der Waals surface area (Å²) in [5, 5.41) is 27.3. The van der Waals surface area contributed by atoms with Crippen molar-refractivity contribution in [3.63, 3.8) is 0 Å². The summed E-state index contributed by atoms with van der Waals surface area (Å²) in [6, 6.07) is 15.5. The first-order chi connectivity index (χ1) is 20.0. The predicted molar refractivity (Wildman–Crippen MR) is 164 cm³/mol. The van der Waals surface area contributed by atoms with Gasteiger partial charge < -0.3 is 30.1 Å². The number of carbonyl (C=O) groups excluding carboxylic acids is 1. The Morgan fingerprint density at radius 2 is 1.93 bits per heavy atom. The number of rotatable bonds is 10. The molecule has 3 aromatic carbocycles. The molecule has 11 heteroatoms. The summed E-state index contributed by atoms with van der Waals surface area (Å²) in [6.07, 6.45) is 4.62. The molecule has 1 aromatic heterocycles. The standard InChI is InChI=1S/C31H31ClN6O4/c1-31(2,40)22-14-27(42-20-9-6-8-19(12-20)17-33)23(32)15-25(22)37-30-21-13-26(36-29(39)10-7-11-38(3)4)28(41-5)16-24(21)34-18-35-30/h6-10,12-16,18,40H,11H2,1-5H3,(H,36,39)(H,34,35,37)/b10-7+. The molecule has 1 amide bonds. The van der Waals surface area contributed by atoms with E-state index in [-0.39, 0.29) is 10.9 Å². The van der Waals surface area contributed by atoms with Crippen molar-refractivity contribution in [2.75, 3.05) is 38.4 Å². The average molecular weight is 587 g/mol. The largest absolute Gasteiger partial charge is 0.494 e. The van der Waals surface area contributed by atoms with Gasteiger partial charge in [-0.05, 0) is 64.3 Å². The maximum atomic E-state index is 12.6. The lowest BCUT2D eigenvalue weighted by molar-refractivity contribution is -0.111. The maximum absolute atomic E-state index is 12.6. The second-order valence-corrected chi connectivity index (χ2v) is 10.6. The second kappa shape index (κ2) is 12.9. The fourth-order valence-electron chi connectivity index (χ4n) is 4.12. The van der Waals surface area contributed by atoms with Crippen LogP contribution in [0.25, 0.3) is 10.9 Å². The van der Waals surface area contributed by atoms with Gasteiger partial charge in [-0.25, -0.2) is 9.97 Å². The molecule has 1 heterocycles. The number of nitrogens with one attached hydrogen (secondary N) is 2. The van der Waals surface area contributed by atoms with Crippen LogP contribution in [0.4, 0.5) is 17.2 Å². The van der Waals surface area contributed by atoms with Crippen LogP contribution in [0.15, 0.2) is 67.0 Å². The van der Waals surface area contributed by atoms with Crippen LogP contribution in [-0.2, 0) is 10.4 Å². The van der Waals surface area contributed by atoms with Crippen LogP contribution >= 0.6 is 11.6 Å². The molecule has 0 bridgehead atoms. The summed E-state index contributed by atoms with van der Waals surface area (Å²) < 4.78 is 11.5. The molecule has 0 spiro atoms. The van der Waals surface area contributed by atoms with Crippen molar-refractivity contribution in [1.82, 2.24) is 14.9 Å². The predicted octanol–water partition coefficient (Wildman–Crippen LogP) is 5.98. The number of aliphatic hydroxyl groups is 1. The van der Waals surface area contributed by atoms with Gasteiger partial charge in [0.2, 0.25) is 5.91 Å². The third-order valence-electron chi connectivity index (χ3n) is 6.13. The highest BCUT2D eigenvalue weighted by Gasteiger charge is 2.24. The number of nitriles is 1. The number of halogens is 1. The number of likely N-dealkylation sites (N-methyl/N-ethyl adjacent to an activating group) is 1. The molecule has 42 heavy (non-hydrogen) atoms. The zero-order chi connectivity index (χ0) is 30.4. The SMILES string of the molecule is COc1cc2ncnc(Nc3cc(Cl)c(Oc4cccc(C#N)c4)cc3C(C)(C)O)c2cc1NC(=O)/C=C/CN(C)C. The Bertz CT molecular complexity index is 1690. The number of carbonyl (C=O) groups is 1. The smallest absolute Gasteiger partial charge is 0.248 e. The Kier molecular flexibility index (Phi) is 9.28. The Morgan fingerprint density at radius 3 is 2.62 bits per heavy atom. The number of ether oxygens (including phenoxy) is 2. The van der Waals surface area contributed by atoms with Crippen molar-refractivity contribution in [3.05, 3.63) is 83.2 Å². The summed E-state index contributed by atoms with van der Waals surface area (Å²) >= 11 is 6.62. The van der Waals surface area contributed by atoms with E-state index in [1.54, 1.807) is 68.5 Å². The zero-order valence-electron chi connectivity index (χ0n) is 23.9. The molecule has 0 radical (unpaired) electrons. The lowest BCUT2D eigenvalue weighted by atomic mass is 9.96. The van der Waals surface area contributed by atoms with Crippen molar-refractivity contribution in [1.29, 1.82) is 5.26 Å². The minimum absolute atomic E-state index is 0.269. The van der Waals surface area contributed by atoms with Crippen molar-refractivity contribution in [2.24, 2.45) is 0 Å². The number of aromatic nitrogens is 2. The van der Waals surface area contributed by atoms with Crippen LogP contribution in [0, 0.1) is 11.3 Å². The van der Waals surface area contributed by atoms with Gasteiger partial charge in [-0.2, -0.15) is 5.26 Å². The summed E-state index contributed by atoms with van der Waals surface area (Å²) in [4.78, 5) is 23.3. The van der Waals surface area contributed by atoms with Crippen LogP contribution in [0.1, 0.15) is 25.0 Å². The lowest BCUT2D eigenvalue weighted by Crippen LogP contribution is -2.18. The number of fused-ring (bicyclic) bond motifs is 1. The highest BCUT2D eigenvalue weighted by Crippen LogP contribution is 2.41. The Hall–Kier alpha value is -4.69. The first-order valence-corrected chi connectivity index (χ1v) is 13.3. The van der Waals surface area contributed by atoms with Crippen molar-refractivity contribution in [2.45, 2.75) is 19.4 Å². The molecule has 10 nitrogen and oxygen atoms in total. The van der Waals surface area contributed by atoms with Crippen LogP contribution in [0.3, 0.4) is 0 Å². The molecule has 0 aliphatic carbocycles. The van der Waals surface area contributed by atoms with Gasteiger partial charge in [0.05, 0.1) is 40.6 Å². The van der Waals surface area contributed by atoms with Gasteiger partial charge in [0, 0.05) is 35.3 Å². The van der Waals surface area contributed by atoms with Crippen molar-refractivity contribution < 1.29 is 19.4 Å². The van der Waals surface area contributed by atoms with Gasteiger partial charge in [0.25, 0.3) is 0 Å². The fraction of sp³-hybridized carbons (Fsp3) is 0.226. The van der Waals surface area contributed by atoms with E-state index < -0.39 is 5.60 Å². The van der Waals surface area contributed by atoms with E-state index in [0.29, 0.717) is 63.0 Å². The first kappa shape index (κ1) is 30.3. The van der Waals surface area contributed by atoms with E-state index in [9.17, 15) is 15.2 Å². The Labute approximate surface area is 249 Å². The van der Waals surface area contributed by atoms with E-state index in [1.807, 2.05) is 19.0 Å². The monoisotopic (exact) mass is 586 g/mol. The Balaban J connectivity index is 1.72. The van der Waals surface area contributed by atoms with Gasteiger partial charge in [0.1, 0.15) is 29.4 Å². The number of nitrogens with zero attached hydrogens (tertiary/aromatic N) is 4. The van der Waals surface area contributed by atoms with Gasteiger partial charge in [-0.15, -0.1) is 0 Å². The highest BCUT2D eigenvalue weighted by atomic mass is 35.5. The molecule has 216 valence electrons. The number of amides is 1. The molecule has 0 aliphatic heterocycles. The zero-order valence-corrected chi connectivity index (χ0v) is 24.7. The normalized spacial score (nSPS) is 11.5. The van der Waals surface area contributed by atoms with Crippen LogP contribution in [-0.4, -0.2) is 53.6 Å². The molecule has 0 fully saturated rings. The molecule has 4 aromatic rings. The van der Waals surface area contributed by atoms with Crippen LogP contribution < -0.4 is 20.1 Å².